The highest BCUT2D eigenvalue weighted by Crippen LogP contribution is 2.24. The predicted molar refractivity (Wildman–Crippen MR) is 96.0 cm³/mol. The minimum atomic E-state index is -3.52. The minimum absolute atomic E-state index is 0.0394. The van der Waals surface area contributed by atoms with Crippen molar-refractivity contribution < 1.29 is 23.1 Å². The molecule has 0 spiro atoms. The Morgan fingerprint density at radius 1 is 1.12 bits per heavy atom. The van der Waals surface area contributed by atoms with E-state index in [9.17, 15) is 18.0 Å². The number of carboxylic acids is 1. The van der Waals surface area contributed by atoms with Crippen molar-refractivity contribution in [1.82, 2.24) is 4.90 Å². The van der Waals surface area contributed by atoms with Crippen LogP contribution in [0.25, 0.3) is 0 Å². The Bertz CT molecular complexity index is 981. The van der Waals surface area contributed by atoms with Crippen molar-refractivity contribution >= 4 is 21.7 Å². The van der Waals surface area contributed by atoms with Gasteiger partial charge >= 0.3 is 5.97 Å². The second kappa shape index (κ2) is 6.92. The molecule has 136 valence electrons. The van der Waals surface area contributed by atoms with Crippen LogP contribution in [-0.2, 0) is 22.8 Å². The number of amides is 1. The number of rotatable bonds is 4. The molecule has 1 N–H and O–H groups in total. The van der Waals surface area contributed by atoms with E-state index in [0.717, 1.165) is 11.1 Å². The molecule has 1 heterocycles. The monoisotopic (exact) mass is 373 g/mol. The number of nitrogens with zero attached hydrogens (tertiary/aromatic N) is 1. The molecule has 2 aromatic rings. The first-order valence-electron chi connectivity index (χ1n) is 8.29. The number of hydrogen-bond acceptors (Lipinski definition) is 4. The van der Waals surface area contributed by atoms with Crippen LogP contribution in [0.1, 0.15) is 38.8 Å². The molecular formula is C19H19NO5S. The summed E-state index contributed by atoms with van der Waals surface area (Å²) in [5.74, 6) is -1.46. The van der Waals surface area contributed by atoms with E-state index in [0.29, 0.717) is 13.0 Å². The Hall–Kier alpha value is -2.67. The highest BCUT2D eigenvalue weighted by molar-refractivity contribution is 7.91. The third-order valence-corrected chi connectivity index (χ3v) is 6.37. The SMILES string of the molecule is CCS(=O)(=O)c1ccccc1C(=O)N1CCc2ccc(C(=O)O)cc2C1. The van der Waals surface area contributed by atoms with Gasteiger partial charge in [-0.2, -0.15) is 0 Å². The first-order valence-corrected chi connectivity index (χ1v) is 9.95. The number of fused-ring (bicyclic) bond motifs is 1. The van der Waals surface area contributed by atoms with Crippen LogP contribution in [0, 0.1) is 0 Å². The molecule has 1 amide bonds. The maximum atomic E-state index is 13.0. The molecule has 1 aliphatic heterocycles. The molecule has 0 unspecified atom stereocenters. The third kappa shape index (κ3) is 3.35. The molecule has 6 nitrogen and oxygen atoms in total. The Labute approximate surface area is 152 Å². The van der Waals surface area contributed by atoms with Gasteiger partial charge in [0.1, 0.15) is 0 Å². The number of carbonyl (C=O) groups is 2. The average molecular weight is 373 g/mol. The summed E-state index contributed by atoms with van der Waals surface area (Å²) in [5, 5.41) is 9.15. The molecule has 7 heteroatoms. The van der Waals surface area contributed by atoms with Gasteiger partial charge in [0.15, 0.2) is 9.84 Å². The minimum Gasteiger partial charge on any atom is -0.478 e. The van der Waals surface area contributed by atoms with E-state index in [1.54, 1.807) is 42.2 Å². The van der Waals surface area contributed by atoms with Crippen LogP contribution < -0.4 is 0 Å². The zero-order valence-electron chi connectivity index (χ0n) is 14.3. The average Bonchev–Trinajstić information content (AvgIpc) is 2.66. The molecule has 0 saturated carbocycles. The topological polar surface area (TPSA) is 91.8 Å². The molecule has 0 aromatic heterocycles. The van der Waals surface area contributed by atoms with Gasteiger partial charge in [0.05, 0.1) is 21.8 Å². The summed E-state index contributed by atoms with van der Waals surface area (Å²) >= 11 is 0. The second-order valence-corrected chi connectivity index (χ2v) is 8.41. The zero-order chi connectivity index (χ0) is 18.9. The van der Waals surface area contributed by atoms with Crippen LogP contribution in [0.4, 0.5) is 0 Å². The fourth-order valence-corrected chi connectivity index (χ4v) is 4.19. The van der Waals surface area contributed by atoms with E-state index in [4.69, 9.17) is 5.11 Å². The highest BCUT2D eigenvalue weighted by atomic mass is 32.2. The van der Waals surface area contributed by atoms with E-state index >= 15 is 0 Å². The van der Waals surface area contributed by atoms with Crippen molar-refractivity contribution in [3.63, 3.8) is 0 Å². The Morgan fingerprint density at radius 2 is 1.85 bits per heavy atom. The van der Waals surface area contributed by atoms with E-state index in [1.807, 2.05) is 0 Å². The summed E-state index contributed by atoms with van der Waals surface area (Å²) in [6, 6.07) is 11.1. The lowest BCUT2D eigenvalue weighted by atomic mass is 9.97. The Balaban J connectivity index is 1.94. The van der Waals surface area contributed by atoms with Crippen molar-refractivity contribution in [2.24, 2.45) is 0 Å². The number of aromatic carboxylic acids is 1. The van der Waals surface area contributed by atoms with Crippen LogP contribution in [-0.4, -0.2) is 42.6 Å². The molecule has 0 bridgehead atoms. The number of sulfone groups is 1. The molecule has 1 aliphatic rings. The maximum Gasteiger partial charge on any atom is 0.335 e. The molecule has 0 fully saturated rings. The van der Waals surface area contributed by atoms with Crippen molar-refractivity contribution in [1.29, 1.82) is 0 Å². The smallest absolute Gasteiger partial charge is 0.335 e. The largest absolute Gasteiger partial charge is 0.478 e. The molecule has 0 aliphatic carbocycles. The van der Waals surface area contributed by atoms with E-state index in [-0.39, 0.29) is 34.2 Å². The first kappa shape index (κ1) is 18.1. The fourth-order valence-electron chi connectivity index (χ4n) is 3.10. The number of benzene rings is 2. The summed E-state index contributed by atoms with van der Waals surface area (Å²) in [6.07, 6.45) is 0.601. The van der Waals surface area contributed by atoms with Gasteiger partial charge in [-0.25, -0.2) is 13.2 Å². The van der Waals surface area contributed by atoms with Gasteiger partial charge in [0.25, 0.3) is 5.91 Å². The second-order valence-electron chi connectivity index (χ2n) is 6.16. The van der Waals surface area contributed by atoms with Crippen LogP contribution in [0.15, 0.2) is 47.4 Å². The third-order valence-electron chi connectivity index (χ3n) is 4.59. The fraction of sp³-hybridized carbons (Fsp3) is 0.263. The molecule has 0 radical (unpaired) electrons. The summed E-state index contributed by atoms with van der Waals surface area (Å²) in [5.41, 5.74) is 2.12. The van der Waals surface area contributed by atoms with Crippen LogP contribution in [0.3, 0.4) is 0 Å². The maximum absolute atomic E-state index is 13.0. The van der Waals surface area contributed by atoms with Crippen molar-refractivity contribution in [3.05, 3.63) is 64.7 Å². The van der Waals surface area contributed by atoms with Gasteiger partial charge in [0, 0.05) is 13.1 Å². The summed E-state index contributed by atoms with van der Waals surface area (Å²) in [4.78, 5) is 25.7. The number of carboxylic acid groups (broad SMARTS) is 1. The van der Waals surface area contributed by atoms with Crippen LogP contribution in [0.5, 0.6) is 0 Å². The summed E-state index contributed by atoms with van der Waals surface area (Å²) < 4.78 is 24.6. The van der Waals surface area contributed by atoms with Crippen LogP contribution in [0.2, 0.25) is 0 Å². The molecular weight excluding hydrogens is 354 g/mol. The van der Waals surface area contributed by atoms with Gasteiger partial charge in [-0.3, -0.25) is 4.79 Å². The first-order chi connectivity index (χ1) is 12.3. The standard InChI is InChI=1S/C19H19NO5S/c1-2-26(24,25)17-6-4-3-5-16(17)18(21)20-10-9-13-7-8-14(19(22)23)11-15(13)12-20/h3-8,11H,2,9-10,12H2,1H3,(H,22,23). The lowest BCUT2D eigenvalue weighted by Crippen LogP contribution is -2.36. The number of carbonyl (C=O) groups excluding carboxylic acids is 1. The van der Waals surface area contributed by atoms with Gasteiger partial charge in [-0.05, 0) is 41.8 Å². The molecule has 3 rings (SSSR count). The quantitative estimate of drug-likeness (QED) is 0.888. The van der Waals surface area contributed by atoms with Crippen molar-refractivity contribution in [2.45, 2.75) is 24.8 Å². The predicted octanol–water partition coefficient (Wildman–Crippen LogP) is 2.38. The molecule has 0 atom stereocenters. The Kier molecular flexibility index (Phi) is 4.82. The van der Waals surface area contributed by atoms with Gasteiger partial charge < -0.3 is 10.0 Å². The van der Waals surface area contributed by atoms with E-state index in [2.05, 4.69) is 0 Å². The lowest BCUT2D eigenvalue weighted by Gasteiger charge is -2.29. The lowest BCUT2D eigenvalue weighted by molar-refractivity contribution is 0.0696. The normalized spacial score (nSPS) is 14.0. The zero-order valence-corrected chi connectivity index (χ0v) is 15.1. The molecule has 0 saturated heterocycles. The van der Waals surface area contributed by atoms with Crippen LogP contribution >= 0.6 is 0 Å². The summed E-state index contributed by atoms with van der Waals surface area (Å²) in [6.45, 7) is 2.26. The van der Waals surface area contributed by atoms with E-state index in [1.165, 1.54) is 12.1 Å². The van der Waals surface area contributed by atoms with Gasteiger partial charge in [-0.1, -0.05) is 25.1 Å². The van der Waals surface area contributed by atoms with Crippen molar-refractivity contribution in [3.8, 4) is 0 Å². The number of hydrogen-bond donors (Lipinski definition) is 1. The van der Waals surface area contributed by atoms with Gasteiger partial charge in [-0.15, -0.1) is 0 Å². The highest BCUT2D eigenvalue weighted by Gasteiger charge is 2.27. The Morgan fingerprint density at radius 3 is 2.54 bits per heavy atom. The van der Waals surface area contributed by atoms with Gasteiger partial charge in [0.2, 0.25) is 0 Å². The van der Waals surface area contributed by atoms with Crippen molar-refractivity contribution in [2.75, 3.05) is 12.3 Å². The molecule has 26 heavy (non-hydrogen) atoms. The van der Waals surface area contributed by atoms with E-state index < -0.39 is 15.8 Å². The molecule has 2 aromatic carbocycles. The summed E-state index contributed by atoms with van der Waals surface area (Å²) in [7, 11) is -3.52.